The monoisotopic (exact) mass is 329 g/mol. The third kappa shape index (κ3) is 3.78. The molecule has 8 heteroatoms. The van der Waals surface area contributed by atoms with Crippen LogP contribution in [0.1, 0.15) is 18.4 Å². The van der Waals surface area contributed by atoms with Gasteiger partial charge in [0.2, 0.25) is 5.91 Å². The number of benzene rings is 1. The molecule has 0 bridgehead atoms. The van der Waals surface area contributed by atoms with Gasteiger partial charge in [-0.3, -0.25) is 9.36 Å². The van der Waals surface area contributed by atoms with Gasteiger partial charge in [0.1, 0.15) is 12.1 Å². The lowest BCUT2D eigenvalue weighted by Gasteiger charge is -2.08. The fourth-order valence-corrected chi connectivity index (χ4v) is 2.86. The summed E-state index contributed by atoms with van der Waals surface area (Å²) in [5.41, 5.74) is 2.45. The summed E-state index contributed by atoms with van der Waals surface area (Å²) in [4.78, 5) is 11.2. The molecule has 2 heterocycles. The maximum atomic E-state index is 11.2. The zero-order chi connectivity index (χ0) is 16.2. The molecule has 0 unspecified atom stereocenters. The summed E-state index contributed by atoms with van der Waals surface area (Å²) in [6.45, 7) is 3.36. The minimum absolute atomic E-state index is 0.110. The molecule has 23 heavy (non-hydrogen) atoms. The van der Waals surface area contributed by atoms with Gasteiger partial charge in [0.15, 0.2) is 5.16 Å². The quantitative estimate of drug-likeness (QED) is 0.724. The van der Waals surface area contributed by atoms with Crippen LogP contribution in [0.15, 0.2) is 46.3 Å². The summed E-state index contributed by atoms with van der Waals surface area (Å²) in [5, 5.41) is 15.5. The molecule has 1 N–H and O–H groups in total. The Morgan fingerprint density at radius 3 is 3.00 bits per heavy atom. The summed E-state index contributed by atoms with van der Waals surface area (Å²) in [5.74, 6) is 1.29. The Bertz CT molecular complexity index is 827. The molecule has 3 aromatic rings. The van der Waals surface area contributed by atoms with E-state index in [0.717, 1.165) is 28.0 Å². The molecule has 0 saturated heterocycles. The van der Waals surface area contributed by atoms with Crippen molar-refractivity contribution in [3.05, 3.63) is 48.1 Å². The number of hydrogen-bond acceptors (Lipinski definition) is 6. The van der Waals surface area contributed by atoms with E-state index in [2.05, 4.69) is 20.7 Å². The molecular weight excluding hydrogens is 314 g/mol. The zero-order valence-electron chi connectivity index (χ0n) is 12.7. The third-order valence-electron chi connectivity index (χ3n) is 2.98. The lowest BCUT2D eigenvalue weighted by molar-refractivity contribution is -0.114. The van der Waals surface area contributed by atoms with Gasteiger partial charge in [-0.15, -0.1) is 10.2 Å². The highest BCUT2D eigenvalue weighted by molar-refractivity contribution is 7.98. The number of nitrogens with one attached hydrogen (secondary N) is 1. The number of hydrogen-bond donors (Lipinski definition) is 1. The van der Waals surface area contributed by atoms with Gasteiger partial charge in [-0.05, 0) is 25.1 Å². The van der Waals surface area contributed by atoms with Gasteiger partial charge in [-0.1, -0.05) is 23.0 Å². The number of carbonyl (C=O) groups is 1. The van der Waals surface area contributed by atoms with Crippen LogP contribution in [0, 0.1) is 6.92 Å². The predicted octanol–water partition coefficient (Wildman–Crippen LogP) is 2.81. The summed E-state index contributed by atoms with van der Waals surface area (Å²) in [6, 6.07) is 9.39. The van der Waals surface area contributed by atoms with E-state index in [1.54, 1.807) is 6.33 Å². The molecule has 0 fully saturated rings. The van der Waals surface area contributed by atoms with Crippen LogP contribution in [0.2, 0.25) is 0 Å². The number of carbonyl (C=O) groups excluding carboxylic acids is 1. The fraction of sp³-hybridized carbons (Fsp3) is 0.200. The molecule has 1 amide bonds. The summed E-state index contributed by atoms with van der Waals surface area (Å²) in [6.07, 6.45) is 1.64. The topological polar surface area (TPSA) is 85.8 Å². The molecule has 0 radical (unpaired) electrons. The van der Waals surface area contributed by atoms with Crippen molar-refractivity contribution in [3.63, 3.8) is 0 Å². The van der Waals surface area contributed by atoms with Crippen LogP contribution >= 0.6 is 11.8 Å². The Hall–Kier alpha value is -2.61. The van der Waals surface area contributed by atoms with E-state index >= 15 is 0 Å². The number of amides is 1. The van der Waals surface area contributed by atoms with Crippen LogP contribution in [-0.2, 0) is 10.5 Å². The fourth-order valence-electron chi connectivity index (χ4n) is 2.06. The van der Waals surface area contributed by atoms with Crippen LogP contribution in [0.5, 0.6) is 0 Å². The first-order valence-corrected chi connectivity index (χ1v) is 7.93. The second-order valence-electron chi connectivity index (χ2n) is 4.94. The molecular formula is C15H15N5O2S. The first kappa shape index (κ1) is 15.3. The Kier molecular flexibility index (Phi) is 4.42. The van der Waals surface area contributed by atoms with Crippen LogP contribution < -0.4 is 5.32 Å². The van der Waals surface area contributed by atoms with Crippen LogP contribution in [0.4, 0.5) is 5.69 Å². The molecule has 0 aliphatic carbocycles. The molecule has 1 aromatic carbocycles. The van der Waals surface area contributed by atoms with E-state index in [0.29, 0.717) is 5.75 Å². The zero-order valence-corrected chi connectivity index (χ0v) is 13.5. The number of thioether (sulfide) groups is 1. The van der Waals surface area contributed by atoms with Gasteiger partial charge in [0.05, 0.1) is 17.1 Å². The predicted molar refractivity (Wildman–Crippen MR) is 86.5 cm³/mol. The lowest BCUT2D eigenvalue weighted by atomic mass is 10.2. The van der Waals surface area contributed by atoms with Gasteiger partial charge in [0.25, 0.3) is 0 Å². The van der Waals surface area contributed by atoms with Gasteiger partial charge in [0, 0.05) is 18.7 Å². The van der Waals surface area contributed by atoms with Crippen molar-refractivity contribution < 1.29 is 9.32 Å². The highest BCUT2D eigenvalue weighted by atomic mass is 32.2. The first-order valence-electron chi connectivity index (χ1n) is 6.95. The summed E-state index contributed by atoms with van der Waals surface area (Å²) >= 11 is 1.50. The van der Waals surface area contributed by atoms with Crippen LogP contribution in [0.25, 0.3) is 5.69 Å². The second kappa shape index (κ2) is 6.66. The number of aryl methyl sites for hydroxylation is 1. The summed E-state index contributed by atoms with van der Waals surface area (Å²) in [7, 11) is 0. The molecule has 0 spiro atoms. The number of rotatable bonds is 5. The normalized spacial score (nSPS) is 10.7. The lowest BCUT2D eigenvalue weighted by Crippen LogP contribution is -2.06. The van der Waals surface area contributed by atoms with Crippen molar-refractivity contribution in [1.29, 1.82) is 0 Å². The maximum Gasteiger partial charge on any atom is 0.221 e. The summed E-state index contributed by atoms with van der Waals surface area (Å²) < 4.78 is 7.06. The standard InChI is InChI=1S/C15H15N5O2S/c1-10-6-14(22-19-10)8-23-15-18-16-9-20(15)13-5-3-4-12(7-13)17-11(2)21/h3-7,9H,8H2,1-2H3,(H,17,21). The van der Waals surface area contributed by atoms with E-state index in [-0.39, 0.29) is 5.91 Å². The SMILES string of the molecule is CC(=O)Nc1cccc(-n2cnnc2SCc2cc(C)no2)c1. The average Bonchev–Trinajstić information content (AvgIpc) is 3.13. The van der Waals surface area contributed by atoms with E-state index < -0.39 is 0 Å². The largest absolute Gasteiger partial charge is 0.360 e. The molecule has 3 rings (SSSR count). The highest BCUT2D eigenvalue weighted by Crippen LogP contribution is 2.24. The molecule has 118 valence electrons. The van der Waals surface area contributed by atoms with Crippen molar-refractivity contribution in [1.82, 2.24) is 19.9 Å². The highest BCUT2D eigenvalue weighted by Gasteiger charge is 2.10. The Labute approximate surface area is 137 Å². The number of aromatic nitrogens is 4. The minimum atomic E-state index is -0.110. The Morgan fingerprint density at radius 2 is 2.26 bits per heavy atom. The van der Waals surface area contributed by atoms with Crippen molar-refractivity contribution in [2.75, 3.05) is 5.32 Å². The Balaban J connectivity index is 1.78. The first-order chi connectivity index (χ1) is 11.1. The van der Waals surface area contributed by atoms with Crippen molar-refractivity contribution in [3.8, 4) is 5.69 Å². The van der Waals surface area contributed by atoms with Crippen molar-refractivity contribution in [2.24, 2.45) is 0 Å². The van der Waals surface area contributed by atoms with Crippen LogP contribution in [0.3, 0.4) is 0 Å². The van der Waals surface area contributed by atoms with Gasteiger partial charge in [-0.25, -0.2) is 0 Å². The molecule has 0 atom stereocenters. The van der Waals surface area contributed by atoms with Crippen molar-refractivity contribution in [2.45, 2.75) is 24.8 Å². The average molecular weight is 329 g/mol. The number of nitrogens with zero attached hydrogens (tertiary/aromatic N) is 4. The van der Waals surface area contributed by atoms with Gasteiger partial charge >= 0.3 is 0 Å². The van der Waals surface area contributed by atoms with Gasteiger partial charge in [-0.2, -0.15) is 0 Å². The van der Waals surface area contributed by atoms with Crippen molar-refractivity contribution >= 4 is 23.4 Å². The Morgan fingerprint density at radius 1 is 1.39 bits per heavy atom. The third-order valence-corrected chi connectivity index (χ3v) is 3.95. The maximum absolute atomic E-state index is 11.2. The van der Waals surface area contributed by atoms with Gasteiger partial charge < -0.3 is 9.84 Å². The molecule has 2 aromatic heterocycles. The minimum Gasteiger partial charge on any atom is -0.360 e. The number of anilines is 1. The second-order valence-corrected chi connectivity index (χ2v) is 5.88. The van der Waals surface area contributed by atoms with Crippen LogP contribution in [-0.4, -0.2) is 25.8 Å². The van der Waals surface area contributed by atoms with E-state index in [1.807, 2.05) is 41.8 Å². The molecule has 7 nitrogen and oxygen atoms in total. The smallest absolute Gasteiger partial charge is 0.221 e. The molecule has 0 aliphatic rings. The van der Waals surface area contributed by atoms with E-state index in [9.17, 15) is 4.79 Å². The van der Waals surface area contributed by atoms with E-state index in [1.165, 1.54) is 18.7 Å². The van der Waals surface area contributed by atoms with E-state index in [4.69, 9.17) is 4.52 Å². The molecule has 0 aliphatic heterocycles. The molecule has 0 saturated carbocycles.